The van der Waals surface area contributed by atoms with Crippen LogP contribution in [0.3, 0.4) is 0 Å². The highest BCUT2D eigenvalue weighted by Crippen LogP contribution is 2.24. The molecule has 0 aromatic heterocycles. The predicted molar refractivity (Wildman–Crippen MR) is 82.0 cm³/mol. The first-order chi connectivity index (χ1) is 9.70. The number of fused-ring (bicyclic) bond motifs is 1. The summed E-state index contributed by atoms with van der Waals surface area (Å²) in [7, 11) is 0. The number of amides is 1. The number of benzene rings is 2. The molecule has 0 spiro atoms. The highest BCUT2D eigenvalue weighted by molar-refractivity contribution is 5.88. The summed E-state index contributed by atoms with van der Waals surface area (Å²) < 4.78 is 5.65. The average Bonchev–Trinajstić information content (AvgIpc) is 2.45. The van der Waals surface area contributed by atoms with E-state index in [-0.39, 0.29) is 18.6 Å². The van der Waals surface area contributed by atoms with Crippen molar-refractivity contribution in [3.63, 3.8) is 0 Å². The summed E-state index contributed by atoms with van der Waals surface area (Å²) >= 11 is 0. The minimum atomic E-state index is -0.0705. The number of hydrogen-bond acceptors (Lipinski definition) is 2. The minimum absolute atomic E-state index is 0.0576. The van der Waals surface area contributed by atoms with E-state index >= 15 is 0 Å². The Bertz CT molecular complexity index is 575. The SMILES string of the molecule is CCCC(C)NC(=O)COc1cccc2ccccc12. The van der Waals surface area contributed by atoms with Gasteiger partial charge in [0.1, 0.15) is 5.75 Å². The molecule has 2 aromatic rings. The Kier molecular flexibility index (Phi) is 4.99. The Hall–Kier alpha value is -2.03. The van der Waals surface area contributed by atoms with Crippen LogP contribution in [0.15, 0.2) is 42.5 Å². The van der Waals surface area contributed by atoms with E-state index in [1.54, 1.807) is 0 Å². The molecule has 3 nitrogen and oxygen atoms in total. The molecule has 0 aliphatic heterocycles. The zero-order chi connectivity index (χ0) is 14.4. The highest BCUT2D eigenvalue weighted by atomic mass is 16.5. The summed E-state index contributed by atoms with van der Waals surface area (Å²) in [5.74, 6) is 0.681. The fourth-order valence-electron chi connectivity index (χ4n) is 2.29. The van der Waals surface area contributed by atoms with Crippen molar-refractivity contribution in [2.75, 3.05) is 6.61 Å². The van der Waals surface area contributed by atoms with Gasteiger partial charge in [-0.1, -0.05) is 49.7 Å². The van der Waals surface area contributed by atoms with E-state index in [1.807, 2.05) is 49.4 Å². The lowest BCUT2D eigenvalue weighted by Gasteiger charge is -2.14. The lowest BCUT2D eigenvalue weighted by Crippen LogP contribution is -2.35. The quantitative estimate of drug-likeness (QED) is 0.873. The van der Waals surface area contributed by atoms with E-state index < -0.39 is 0 Å². The van der Waals surface area contributed by atoms with Gasteiger partial charge in [0.15, 0.2) is 6.61 Å². The van der Waals surface area contributed by atoms with Crippen LogP contribution in [0.5, 0.6) is 5.75 Å². The van der Waals surface area contributed by atoms with Gasteiger partial charge in [0, 0.05) is 11.4 Å². The van der Waals surface area contributed by atoms with Crippen molar-refractivity contribution in [3.05, 3.63) is 42.5 Å². The summed E-state index contributed by atoms with van der Waals surface area (Å²) in [4.78, 5) is 11.8. The van der Waals surface area contributed by atoms with Crippen LogP contribution in [-0.2, 0) is 4.79 Å². The average molecular weight is 271 g/mol. The number of hydrogen-bond donors (Lipinski definition) is 1. The number of ether oxygens (including phenoxy) is 1. The standard InChI is InChI=1S/C17H21NO2/c1-3-7-13(2)18-17(19)12-20-16-11-6-9-14-8-4-5-10-15(14)16/h4-6,8-11,13H,3,7,12H2,1-2H3,(H,18,19). The van der Waals surface area contributed by atoms with Gasteiger partial charge in [-0.2, -0.15) is 0 Å². The Morgan fingerprint density at radius 2 is 1.95 bits per heavy atom. The normalized spacial score (nSPS) is 12.1. The topological polar surface area (TPSA) is 38.3 Å². The largest absolute Gasteiger partial charge is 0.483 e. The van der Waals surface area contributed by atoms with E-state index in [4.69, 9.17) is 4.74 Å². The van der Waals surface area contributed by atoms with Gasteiger partial charge < -0.3 is 10.1 Å². The van der Waals surface area contributed by atoms with Crippen molar-refractivity contribution in [2.24, 2.45) is 0 Å². The van der Waals surface area contributed by atoms with Gasteiger partial charge in [-0.05, 0) is 24.8 Å². The van der Waals surface area contributed by atoms with Crippen molar-refractivity contribution in [1.82, 2.24) is 5.32 Å². The molecular formula is C17H21NO2. The van der Waals surface area contributed by atoms with Crippen molar-refractivity contribution in [2.45, 2.75) is 32.7 Å². The van der Waals surface area contributed by atoms with Crippen molar-refractivity contribution < 1.29 is 9.53 Å². The van der Waals surface area contributed by atoms with Gasteiger partial charge >= 0.3 is 0 Å². The molecule has 2 aromatic carbocycles. The van der Waals surface area contributed by atoms with Crippen LogP contribution in [0, 0.1) is 0 Å². The molecule has 106 valence electrons. The second-order valence-electron chi connectivity index (χ2n) is 5.02. The number of nitrogens with one attached hydrogen (secondary N) is 1. The Balaban J connectivity index is 1.97. The molecule has 3 heteroatoms. The fraction of sp³-hybridized carbons (Fsp3) is 0.353. The lowest BCUT2D eigenvalue weighted by molar-refractivity contribution is -0.123. The van der Waals surface area contributed by atoms with Crippen LogP contribution in [0.2, 0.25) is 0 Å². The second-order valence-corrected chi connectivity index (χ2v) is 5.02. The van der Waals surface area contributed by atoms with E-state index in [1.165, 1.54) is 0 Å². The summed E-state index contributed by atoms with van der Waals surface area (Å²) in [5.41, 5.74) is 0. The first-order valence-corrected chi connectivity index (χ1v) is 7.10. The fourth-order valence-corrected chi connectivity index (χ4v) is 2.29. The third-order valence-corrected chi connectivity index (χ3v) is 3.24. The van der Waals surface area contributed by atoms with Gasteiger partial charge in [0.25, 0.3) is 5.91 Å². The molecule has 0 aliphatic rings. The van der Waals surface area contributed by atoms with Crippen molar-refractivity contribution >= 4 is 16.7 Å². The van der Waals surface area contributed by atoms with Gasteiger partial charge in [-0.25, -0.2) is 0 Å². The zero-order valence-corrected chi connectivity index (χ0v) is 12.1. The van der Waals surface area contributed by atoms with Gasteiger partial charge in [0.05, 0.1) is 0 Å². The Labute approximate surface area is 119 Å². The molecule has 0 radical (unpaired) electrons. The van der Waals surface area contributed by atoms with Crippen LogP contribution in [0.25, 0.3) is 10.8 Å². The maximum absolute atomic E-state index is 11.8. The number of carbonyl (C=O) groups is 1. The third-order valence-electron chi connectivity index (χ3n) is 3.24. The molecule has 1 amide bonds. The van der Waals surface area contributed by atoms with Crippen LogP contribution in [-0.4, -0.2) is 18.6 Å². The predicted octanol–water partition coefficient (Wildman–Crippen LogP) is 3.52. The van der Waals surface area contributed by atoms with Crippen LogP contribution < -0.4 is 10.1 Å². The Morgan fingerprint density at radius 3 is 2.75 bits per heavy atom. The molecule has 1 unspecified atom stereocenters. The number of rotatable bonds is 6. The van der Waals surface area contributed by atoms with Crippen LogP contribution >= 0.6 is 0 Å². The molecule has 20 heavy (non-hydrogen) atoms. The van der Waals surface area contributed by atoms with Crippen LogP contribution in [0.1, 0.15) is 26.7 Å². The Morgan fingerprint density at radius 1 is 1.20 bits per heavy atom. The molecule has 0 bridgehead atoms. The molecule has 0 saturated carbocycles. The smallest absolute Gasteiger partial charge is 0.258 e. The van der Waals surface area contributed by atoms with E-state index in [0.717, 1.165) is 29.4 Å². The minimum Gasteiger partial charge on any atom is -0.483 e. The molecule has 0 fully saturated rings. The van der Waals surface area contributed by atoms with Crippen molar-refractivity contribution in [1.29, 1.82) is 0 Å². The zero-order valence-electron chi connectivity index (χ0n) is 12.1. The third kappa shape index (κ3) is 3.73. The molecule has 1 atom stereocenters. The van der Waals surface area contributed by atoms with Gasteiger partial charge in [0.2, 0.25) is 0 Å². The molecule has 0 saturated heterocycles. The van der Waals surface area contributed by atoms with E-state index in [2.05, 4.69) is 12.2 Å². The van der Waals surface area contributed by atoms with Crippen molar-refractivity contribution in [3.8, 4) is 5.75 Å². The highest BCUT2D eigenvalue weighted by Gasteiger charge is 2.08. The maximum atomic E-state index is 11.8. The first-order valence-electron chi connectivity index (χ1n) is 7.10. The summed E-state index contributed by atoms with van der Waals surface area (Å²) in [5, 5.41) is 5.08. The molecule has 2 rings (SSSR count). The van der Waals surface area contributed by atoms with E-state index in [0.29, 0.717) is 0 Å². The van der Waals surface area contributed by atoms with Gasteiger partial charge in [-0.15, -0.1) is 0 Å². The lowest BCUT2D eigenvalue weighted by atomic mass is 10.1. The summed E-state index contributed by atoms with van der Waals surface area (Å²) in [6, 6.07) is 14.1. The summed E-state index contributed by atoms with van der Waals surface area (Å²) in [6.45, 7) is 4.18. The molecule has 0 aliphatic carbocycles. The monoisotopic (exact) mass is 271 g/mol. The van der Waals surface area contributed by atoms with E-state index in [9.17, 15) is 4.79 Å². The summed E-state index contributed by atoms with van der Waals surface area (Å²) in [6.07, 6.45) is 2.05. The molecule has 0 heterocycles. The van der Waals surface area contributed by atoms with Gasteiger partial charge in [-0.3, -0.25) is 4.79 Å². The van der Waals surface area contributed by atoms with Crippen LogP contribution in [0.4, 0.5) is 0 Å². The first kappa shape index (κ1) is 14.4. The second kappa shape index (κ2) is 6.94. The number of carbonyl (C=O) groups excluding carboxylic acids is 1. The molecule has 1 N–H and O–H groups in total. The molecular weight excluding hydrogens is 250 g/mol. The maximum Gasteiger partial charge on any atom is 0.258 e.